The molecule has 0 radical (unpaired) electrons. The van der Waals surface area contributed by atoms with Crippen molar-refractivity contribution < 1.29 is 19.1 Å². The molecule has 2 unspecified atom stereocenters. The number of hydrogen-bond donors (Lipinski definition) is 2. The summed E-state index contributed by atoms with van der Waals surface area (Å²) in [5.41, 5.74) is 1.16. The van der Waals surface area contributed by atoms with Crippen molar-refractivity contribution in [3.63, 3.8) is 0 Å². The third kappa shape index (κ3) is 4.17. The number of hydrogen-bond acceptors (Lipinski definition) is 4. The monoisotopic (exact) mass is 343 g/mol. The first-order chi connectivity index (χ1) is 11.0. The third-order valence-corrected chi connectivity index (χ3v) is 4.29. The molecule has 2 heterocycles. The molecule has 2 rings (SSSR count). The first-order valence-corrected chi connectivity index (χ1v) is 7.94. The molecular formula is C15H22ClN3O4. The molecule has 1 saturated heterocycles. The number of aromatic nitrogens is 1. The van der Waals surface area contributed by atoms with Crippen molar-refractivity contribution in [2.75, 3.05) is 26.8 Å². The van der Waals surface area contributed by atoms with Crippen LogP contribution in [0.15, 0.2) is 6.07 Å². The second-order valence-corrected chi connectivity index (χ2v) is 5.85. The van der Waals surface area contributed by atoms with E-state index >= 15 is 0 Å². The molecule has 0 saturated carbocycles. The fourth-order valence-corrected chi connectivity index (χ4v) is 2.76. The lowest BCUT2D eigenvalue weighted by Gasteiger charge is -2.37. The van der Waals surface area contributed by atoms with E-state index in [1.54, 1.807) is 31.9 Å². The number of halogens is 1. The summed E-state index contributed by atoms with van der Waals surface area (Å²) in [5, 5.41) is 3.46. The van der Waals surface area contributed by atoms with Gasteiger partial charge in [0.2, 0.25) is 0 Å². The smallest absolute Gasteiger partial charge is 0.409 e. The number of aryl methyl sites for hydroxylation is 1. The Bertz CT molecular complexity index is 556. The molecular weight excluding hydrogens is 322 g/mol. The van der Waals surface area contributed by atoms with Gasteiger partial charge in [-0.3, -0.25) is 4.79 Å². The minimum atomic E-state index is -0.355. The van der Waals surface area contributed by atoms with Gasteiger partial charge >= 0.3 is 6.09 Å². The average molecular weight is 344 g/mol. The van der Waals surface area contributed by atoms with E-state index in [2.05, 4.69) is 10.3 Å². The van der Waals surface area contributed by atoms with E-state index in [1.165, 1.54) is 0 Å². The number of aromatic amines is 1. The van der Waals surface area contributed by atoms with Gasteiger partial charge < -0.3 is 24.7 Å². The Morgan fingerprint density at radius 3 is 2.83 bits per heavy atom. The number of nitrogens with one attached hydrogen (secondary N) is 2. The number of piperidine rings is 1. The quantitative estimate of drug-likeness (QED) is 0.875. The van der Waals surface area contributed by atoms with E-state index in [-0.39, 0.29) is 24.1 Å². The van der Waals surface area contributed by atoms with Crippen LogP contribution in [0.25, 0.3) is 0 Å². The molecule has 0 bridgehead atoms. The van der Waals surface area contributed by atoms with Gasteiger partial charge in [-0.15, -0.1) is 0 Å². The molecule has 2 atom stereocenters. The minimum Gasteiger partial charge on any atom is -0.450 e. The van der Waals surface area contributed by atoms with Crippen LogP contribution in [0.1, 0.15) is 29.5 Å². The largest absolute Gasteiger partial charge is 0.450 e. The van der Waals surface area contributed by atoms with Crippen LogP contribution in [-0.4, -0.2) is 60.8 Å². The topological polar surface area (TPSA) is 83.7 Å². The lowest BCUT2D eigenvalue weighted by Crippen LogP contribution is -2.56. The number of nitrogens with zero attached hydrogens (tertiary/aromatic N) is 1. The molecule has 1 aliphatic heterocycles. The van der Waals surface area contributed by atoms with Crippen molar-refractivity contribution in [1.29, 1.82) is 0 Å². The SMILES string of the molecule is CCOC(=O)N1CCC(NC(=O)c2cc(Cl)c(C)[nH]2)C(OC)C1. The summed E-state index contributed by atoms with van der Waals surface area (Å²) in [6.45, 7) is 4.79. The van der Waals surface area contributed by atoms with Gasteiger partial charge in [0.25, 0.3) is 5.91 Å². The molecule has 23 heavy (non-hydrogen) atoms. The summed E-state index contributed by atoms with van der Waals surface area (Å²) in [6, 6.07) is 1.42. The normalized spacial score (nSPS) is 21.1. The van der Waals surface area contributed by atoms with E-state index in [4.69, 9.17) is 21.1 Å². The molecule has 1 aliphatic rings. The summed E-state index contributed by atoms with van der Waals surface area (Å²) < 4.78 is 10.4. The second kappa shape index (κ2) is 7.70. The fraction of sp³-hybridized carbons (Fsp3) is 0.600. The van der Waals surface area contributed by atoms with Crippen LogP contribution in [0.2, 0.25) is 5.02 Å². The molecule has 2 N–H and O–H groups in total. The van der Waals surface area contributed by atoms with E-state index in [9.17, 15) is 9.59 Å². The maximum absolute atomic E-state index is 12.3. The van der Waals surface area contributed by atoms with Gasteiger partial charge in [0, 0.05) is 19.3 Å². The highest BCUT2D eigenvalue weighted by Gasteiger charge is 2.33. The number of amides is 2. The Morgan fingerprint density at radius 2 is 2.26 bits per heavy atom. The van der Waals surface area contributed by atoms with Gasteiger partial charge in [-0.25, -0.2) is 4.79 Å². The minimum absolute atomic E-state index is 0.180. The fourth-order valence-electron chi connectivity index (χ4n) is 2.60. The summed E-state index contributed by atoms with van der Waals surface area (Å²) >= 11 is 5.96. The van der Waals surface area contributed by atoms with Crippen molar-refractivity contribution in [3.05, 3.63) is 22.5 Å². The van der Waals surface area contributed by atoms with Crippen molar-refractivity contribution in [3.8, 4) is 0 Å². The van der Waals surface area contributed by atoms with Gasteiger partial charge in [0.1, 0.15) is 5.69 Å². The molecule has 2 amide bonds. The zero-order chi connectivity index (χ0) is 17.0. The molecule has 7 nitrogen and oxygen atoms in total. The first-order valence-electron chi connectivity index (χ1n) is 7.56. The molecule has 1 aromatic heterocycles. The van der Waals surface area contributed by atoms with Gasteiger partial charge in [-0.05, 0) is 26.3 Å². The van der Waals surface area contributed by atoms with Gasteiger partial charge in [-0.2, -0.15) is 0 Å². The van der Waals surface area contributed by atoms with Crippen LogP contribution >= 0.6 is 11.6 Å². The zero-order valence-corrected chi connectivity index (χ0v) is 14.3. The van der Waals surface area contributed by atoms with Crippen molar-refractivity contribution >= 4 is 23.6 Å². The van der Waals surface area contributed by atoms with Crippen molar-refractivity contribution in [2.24, 2.45) is 0 Å². The summed E-state index contributed by atoms with van der Waals surface area (Å²) in [6.07, 6.45) is -0.0500. The van der Waals surface area contributed by atoms with E-state index < -0.39 is 0 Å². The Hall–Kier alpha value is -1.73. The van der Waals surface area contributed by atoms with E-state index in [1.807, 2.05) is 0 Å². The maximum atomic E-state index is 12.3. The lowest BCUT2D eigenvalue weighted by molar-refractivity contribution is 0.00450. The Balaban J connectivity index is 1.97. The van der Waals surface area contributed by atoms with Crippen LogP contribution in [0.4, 0.5) is 4.79 Å². The van der Waals surface area contributed by atoms with Gasteiger partial charge in [0.05, 0.1) is 30.3 Å². The highest BCUT2D eigenvalue weighted by molar-refractivity contribution is 6.31. The van der Waals surface area contributed by atoms with Crippen LogP contribution in [0.3, 0.4) is 0 Å². The molecule has 0 aromatic carbocycles. The summed E-state index contributed by atoms with van der Waals surface area (Å²) in [7, 11) is 1.56. The van der Waals surface area contributed by atoms with Crippen molar-refractivity contribution in [2.45, 2.75) is 32.4 Å². The predicted molar refractivity (Wildman–Crippen MR) is 85.8 cm³/mol. The predicted octanol–water partition coefficient (Wildman–Crippen LogP) is 1.95. The zero-order valence-electron chi connectivity index (χ0n) is 13.5. The molecule has 0 spiro atoms. The number of carbonyl (C=O) groups excluding carboxylic acids is 2. The van der Waals surface area contributed by atoms with Crippen LogP contribution in [-0.2, 0) is 9.47 Å². The van der Waals surface area contributed by atoms with E-state index in [0.29, 0.717) is 36.8 Å². The Labute approximate surface area is 140 Å². The number of ether oxygens (including phenoxy) is 2. The number of methoxy groups -OCH3 is 1. The molecule has 1 aromatic rings. The standard InChI is InChI=1S/C15H22ClN3O4/c1-4-23-15(21)19-6-5-11(13(8-19)22-3)18-14(20)12-7-10(16)9(2)17-12/h7,11,13,17H,4-6,8H2,1-3H3,(H,18,20). The van der Waals surface area contributed by atoms with Crippen LogP contribution in [0.5, 0.6) is 0 Å². The number of likely N-dealkylation sites (tertiary alicyclic amines) is 1. The summed E-state index contributed by atoms with van der Waals surface area (Å²) in [5.74, 6) is -0.239. The van der Waals surface area contributed by atoms with Gasteiger partial charge in [-0.1, -0.05) is 11.6 Å². The van der Waals surface area contributed by atoms with Crippen molar-refractivity contribution in [1.82, 2.24) is 15.2 Å². The lowest BCUT2D eigenvalue weighted by atomic mass is 10.0. The highest BCUT2D eigenvalue weighted by Crippen LogP contribution is 2.18. The van der Waals surface area contributed by atoms with Crippen LogP contribution < -0.4 is 5.32 Å². The molecule has 1 fully saturated rings. The number of carbonyl (C=O) groups is 2. The summed E-state index contributed by atoms with van der Waals surface area (Å²) in [4.78, 5) is 28.6. The van der Waals surface area contributed by atoms with Crippen LogP contribution in [0, 0.1) is 6.92 Å². The Kier molecular flexibility index (Phi) is 5.90. The molecule has 0 aliphatic carbocycles. The third-order valence-electron chi connectivity index (χ3n) is 3.90. The van der Waals surface area contributed by atoms with E-state index in [0.717, 1.165) is 5.69 Å². The maximum Gasteiger partial charge on any atom is 0.409 e. The Morgan fingerprint density at radius 1 is 1.52 bits per heavy atom. The highest BCUT2D eigenvalue weighted by atomic mass is 35.5. The van der Waals surface area contributed by atoms with Gasteiger partial charge in [0.15, 0.2) is 0 Å². The molecule has 128 valence electrons. The molecule has 8 heteroatoms. The second-order valence-electron chi connectivity index (χ2n) is 5.44. The number of rotatable bonds is 4. The first kappa shape index (κ1) is 17.6. The average Bonchev–Trinajstić information content (AvgIpc) is 2.87. The number of H-pyrrole nitrogens is 1.